The summed E-state index contributed by atoms with van der Waals surface area (Å²) in [7, 11) is 0. The van der Waals surface area contributed by atoms with Crippen molar-refractivity contribution >= 4 is 118 Å². The van der Waals surface area contributed by atoms with Crippen molar-refractivity contribution in [1.29, 1.82) is 16.2 Å². The van der Waals surface area contributed by atoms with Crippen LogP contribution in [0.15, 0.2) is 67.9 Å². The molecular weight excluding hydrogens is 1820 g/mol. The first-order valence-electron chi connectivity index (χ1n) is 47.2. The fraction of sp³-hybridized carbons (Fsp3) is 0.607. The number of guanidine groups is 3. The van der Waals surface area contributed by atoms with Crippen LogP contribution in [-0.4, -0.2) is 322 Å². The molecule has 0 saturated carbocycles. The molecule has 16 unspecified atom stereocenters. The average molecular weight is 1960 g/mol. The number of rotatable bonds is 58. The molecule has 0 bridgehead atoms. The van der Waals surface area contributed by atoms with Gasteiger partial charge in [0.1, 0.15) is 90.6 Å². The van der Waals surface area contributed by atoms with Gasteiger partial charge in [0.25, 0.3) is 0 Å². The fourth-order valence-electron chi connectivity index (χ4n) is 16.2. The number of carbonyl (C=O) groups excluding carboxylic acids is 17. The highest BCUT2D eigenvalue weighted by molar-refractivity contribution is 6.01. The topological polar surface area (TPSA) is 795 Å². The standard InChI is InChI=1S/C89H140N32O19/c1-48(2)25-28-71(125)108-60(26-27-70(90)124)84(138)121-34-16-24-69(121)86(140)120-33-15-23-68(120)83(137)107-52(7)73(127)117-66(43-122)82(136)118-67(44-123)81(135)111-58(21-12-30-101-88(93)94)75(129)109-57(20-11-29-100-87(91)92)74(128)110-59(22-13-31-102-89(95)96)76(130)113-63(38-55-41-98-46-104-55)79(133)112-61(36-53-18-9-8-10-19-53)78(132)115-64(39-56-42-99-47-105-56)80(134)114-62(37-54-40-97-45-103-54)77(131)106-51(6)72(126)116-65(35-49(3)4)85(139)119-32-14-17-50(119)5/h8-10,18-19,40-42,45-52,57-69,122-123H,11-17,20-39,43-44H2,1-7H3,(H2,90,124)(H,97,103)(H,98,104)(H,99,105)(H,106,131)(H,107,137)(H,108,125)(H,109,129)(H,110,128)(H,111,135)(H,112,133)(H,113,130)(H,114,134)(H,115,132)(H,116,126)(H,117,127)(H,118,136)(H4,91,92,100)(H4,93,94,101)(H4,95,96,102). The van der Waals surface area contributed by atoms with Gasteiger partial charge in [0.15, 0.2) is 17.9 Å². The average Bonchev–Trinajstić information content (AvgIpc) is 1.64. The number of nitrogens with zero attached hydrogens (tertiary/aromatic N) is 6. The Bertz CT molecular complexity index is 4830. The van der Waals surface area contributed by atoms with E-state index in [-0.39, 0.29) is 164 Å². The van der Waals surface area contributed by atoms with E-state index in [9.17, 15) is 72.5 Å². The van der Waals surface area contributed by atoms with Crippen LogP contribution in [0.1, 0.15) is 180 Å². The molecule has 6 heterocycles. The van der Waals surface area contributed by atoms with E-state index in [0.29, 0.717) is 43.5 Å². The number of likely N-dealkylation sites (tertiary alicyclic amines) is 3. The van der Waals surface area contributed by atoms with E-state index in [1.165, 1.54) is 61.2 Å². The van der Waals surface area contributed by atoms with Crippen LogP contribution in [-0.2, 0) is 107 Å². The van der Waals surface area contributed by atoms with Gasteiger partial charge >= 0.3 is 0 Å². The molecule has 1 aromatic carbocycles. The number of H-pyrrole nitrogens is 3. The molecule has 16 atom stereocenters. The van der Waals surface area contributed by atoms with Crippen LogP contribution in [0.2, 0.25) is 0 Å². The molecule has 0 spiro atoms. The highest BCUT2D eigenvalue weighted by Crippen LogP contribution is 2.28. The van der Waals surface area contributed by atoms with E-state index >= 15 is 19.2 Å². The number of imidazole rings is 3. The maximum absolute atomic E-state index is 15.3. The smallest absolute Gasteiger partial charge is 0.246 e. The Hall–Kier alpha value is -14.4. The molecule has 770 valence electrons. The van der Waals surface area contributed by atoms with Crippen molar-refractivity contribution in [2.45, 2.75) is 280 Å². The van der Waals surface area contributed by atoms with Gasteiger partial charge in [0, 0.05) is 102 Å². The van der Waals surface area contributed by atoms with Crippen molar-refractivity contribution in [3.05, 3.63) is 90.5 Å². The lowest BCUT2D eigenvalue weighted by Crippen LogP contribution is -2.62. The number of nitrogens with two attached hydrogens (primary N) is 4. The van der Waals surface area contributed by atoms with Crippen molar-refractivity contribution < 1.29 is 91.7 Å². The number of carbonyl (C=O) groups is 17. The van der Waals surface area contributed by atoms with Gasteiger partial charge in [0.05, 0.1) is 49.3 Å². The Labute approximate surface area is 810 Å². The Morgan fingerprint density at radius 1 is 0.393 bits per heavy atom. The van der Waals surface area contributed by atoms with Crippen LogP contribution in [0.3, 0.4) is 0 Å². The molecule has 3 aliphatic heterocycles. The summed E-state index contributed by atoms with van der Waals surface area (Å²) in [6.07, 6.45) is 9.44. The first-order chi connectivity index (χ1) is 66.6. The molecule has 140 heavy (non-hydrogen) atoms. The first-order valence-corrected chi connectivity index (χ1v) is 47.2. The zero-order valence-corrected chi connectivity index (χ0v) is 80.1. The molecule has 3 fully saturated rings. The molecule has 17 amide bonds. The largest absolute Gasteiger partial charge is 0.394 e. The summed E-state index contributed by atoms with van der Waals surface area (Å²) in [6, 6.07) is -13.8. The summed E-state index contributed by atoms with van der Waals surface area (Å²) in [5.74, 6) is -15.7. The quantitative estimate of drug-likeness (QED) is 0.0111. The predicted molar refractivity (Wildman–Crippen MR) is 507 cm³/mol. The van der Waals surface area contributed by atoms with Crippen LogP contribution in [0.5, 0.6) is 0 Å². The van der Waals surface area contributed by atoms with E-state index in [1.54, 1.807) is 35.2 Å². The van der Waals surface area contributed by atoms with Gasteiger partial charge in [-0.25, -0.2) is 15.0 Å². The highest BCUT2D eigenvalue weighted by Gasteiger charge is 2.46. The summed E-state index contributed by atoms with van der Waals surface area (Å²) >= 11 is 0. The van der Waals surface area contributed by atoms with Crippen molar-refractivity contribution in [1.82, 2.24) is 130 Å². The molecule has 0 aliphatic carbocycles. The molecule has 3 saturated heterocycles. The highest BCUT2D eigenvalue weighted by atomic mass is 16.3. The maximum atomic E-state index is 15.3. The molecule has 4 aromatic rings. The fourth-order valence-corrected chi connectivity index (χ4v) is 16.2. The van der Waals surface area contributed by atoms with Crippen LogP contribution < -0.4 is 108 Å². The van der Waals surface area contributed by atoms with Crippen LogP contribution in [0.25, 0.3) is 0 Å². The van der Waals surface area contributed by atoms with Gasteiger partial charge < -0.3 is 148 Å². The Morgan fingerprint density at radius 3 is 1.16 bits per heavy atom. The van der Waals surface area contributed by atoms with Gasteiger partial charge in [-0.2, -0.15) is 0 Å². The third-order valence-corrected chi connectivity index (χ3v) is 23.8. The van der Waals surface area contributed by atoms with Gasteiger partial charge in [-0.15, -0.1) is 0 Å². The summed E-state index contributed by atoms with van der Waals surface area (Å²) in [5.41, 5.74) is 23.5. The number of aliphatic hydroxyl groups is 2. The Morgan fingerprint density at radius 2 is 0.757 bits per heavy atom. The molecule has 32 N–H and O–H groups in total. The lowest BCUT2D eigenvalue weighted by Gasteiger charge is -2.33. The van der Waals surface area contributed by atoms with Crippen molar-refractivity contribution in [2.75, 3.05) is 52.5 Å². The molecule has 0 radical (unpaired) electrons. The van der Waals surface area contributed by atoms with Crippen molar-refractivity contribution in [3.8, 4) is 0 Å². The molecule has 3 aromatic heterocycles. The minimum absolute atomic E-state index is 0.000623. The normalized spacial score (nSPS) is 17.2. The number of primary amides is 1. The van der Waals surface area contributed by atoms with E-state index < -0.39 is 216 Å². The summed E-state index contributed by atoms with van der Waals surface area (Å²) in [5, 5.41) is 86.1. The second kappa shape index (κ2) is 57.1. The zero-order valence-electron chi connectivity index (χ0n) is 80.1. The SMILES string of the molecule is CC(C)CCC(=O)NC(CCC(N)=O)C(=O)N1CCCC1C(=O)N1CCCC1C(=O)NC(C)C(=O)NC(CO)C(=O)NC(CO)C(=O)NC(CCCNC(=N)N)C(=O)NC(CCCNC(=N)N)C(=O)NC(CCCNC(=N)N)C(=O)NC(Cc1c[nH]cn1)C(=O)NC(Cc1ccccc1)C(=O)NC(Cc1c[nH]cn1)C(=O)NC(Cc1c[nH]cn1)C(=O)NC(C)C(=O)NC(CC(C)C)C(=O)N1CCCC1C. The number of aromatic nitrogens is 6. The molecule has 51 heteroatoms. The minimum atomic E-state index is -1.95. The summed E-state index contributed by atoms with van der Waals surface area (Å²) < 4.78 is 0. The number of nitrogens with one attached hydrogen (secondary N) is 22. The van der Waals surface area contributed by atoms with Gasteiger partial charge in [0.2, 0.25) is 100 Å². The van der Waals surface area contributed by atoms with E-state index in [1.807, 2.05) is 34.6 Å². The number of benzene rings is 1. The summed E-state index contributed by atoms with van der Waals surface area (Å²) in [4.78, 5) is 268. The van der Waals surface area contributed by atoms with Crippen molar-refractivity contribution in [3.63, 3.8) is 0 Å². The lowest BCUT2D eigenvalue weighted by molar-refractivity contribution is -0.148. The lowest BCUT2D eigenvalue weighted by atomic mass is 10.0. The Balaban J connectivity index is 1.07. The molecule has 3 aliphatic rings. The second-order valence-electron chi connectivity index (χ2n) is 36.0. The number of aliphatic hydroxyl groups excluding tert-OH is 2. The van der Waals surface area contributed by atoms with Gasteiger partial charge in [-0.3, -0.25) is 97.7 Å². The van der Waals surface area contributed by atoms with Crippen molar-refractivity contribution in [2.24, 2.45) is 34.8 Å². The maximum Gasteiger partial charge on any atom is 0.246 e. The van der Waals surface area contributed by atoms with Crippen LogP contribution >= 0.6 is 0 Å². The first kappa shape index (κ1) is 113. The molecule has 7 rings (SSSR count). The van der Waals surface area contributed by atoms with E-state index in [4.69, 9.17) is 39.2 Å². The van der Waals surface area contributed by atoms with Crippen LogP contribution in [0, 0.1) is 28.1 Å². The summed E-state index contributed by atoms with van der Waals surface area (Å²) in [6.45, 7) is 10.5. The number of aromatic amines is 3. The van der Waals surface area contributed by atoms with Gasteiger partial charge in [-0.1, -0.05) is 58.0 Å². The number of amides is 17. The number of hydrogen-bond acceptors (Lipinski definition) is 25. The zero-order chi connectivity index (χ0) is 103. The number of hydrogen-bond donors (Lipinski definition) is 28. The van der Waals surface area contributed by atoms with Crippen LogP contribution in [0.4, 0.5) is 0 Å². The van der Waals surface area contributed by atoms with Gasteiger partial charge in [-0.05, 0) is 134 Å². The third-order valence-electron chi connectivity index (χ3n) is 23.8. The predicted octanol–water partition coefficient (Wildman–Crippen LogP) is -7.02. The monoisotopic (exact) mass is 1960 g/mol. The minimum Gasteiger partial charge on any atom is -0.394 e. The van der Waals surface area contributed by atoms with E-state index in [0.717, 1.165) is 12.8 Å². The molecule has 51 nitrogen and oxygen atoms in total. The third kappa shape index (κ3) is 37.1. The second-order valence-corrected chi connectivity index (χ2v) is 36.0. The Kier molecular flexibility index (Phi) is 45.9. The van der Waals surface area contributed by atoms with E-state index in [2.05, 4.69) is 115 Å². The molecular formula is C89H140N32O19.